The third-order valence-electron chi connectivity index (χ3n) is 5.34. The zero-order valence-corrected chi connectivity index (χ0v) is 21.6. The van der Waals surface area contributed by atoms with E-state index in [2.05, 4.69) is 20.9 Å². The number of ether oxygens (including phenoxy) is 4. The fourth-order valence-electron chi connectivity index (χ4n) is 3.52. The second-order valence-electron chi connectivity index (χ2n) is 7.65. The fourth-order valence-corrected chi connectivity index (χ4v) is 3.78. The number of ketones is 1. The van der Waals surface area contributed by atoms with Gasteiger partial charge in [0.15, 0.2) is 5.78 Å². The first-order valence-electron chi connectivity index (χ1n) is 11.0. The van der Waals surface area contributed by atoms with E-state index in [0.717, 1.165) is 15.4 Å². The van der Waals surface area contributed by atoms with E-state index in [0.29, 0.717) is 40.0 Å². The molecule has 36 heavy (non-hydrogen) atoms. The maximum absolute atomic E-state index is 12.7. The number of hydrogen-bond acceptors (Lipinski definition) is 6. The van der Waals surface area contributed by atoms with E-state index in [1.807, 2.05) is 54.6 Å². The van der Waals surface area contributed by atoms with Crippen LogP contribution < -0.4 is 18.9 Å². The minimum absolute atomic E-state index is 0.224. The Hall–Kier alpha value is -4.10. The van der Waals surface area contributed by atoms with Crippen molar-refractivity contribution in [1.82, 2.24) is 4.98 Å². The highest BCUT2D eigenvalue weighted by molar-refractivity contribution is 9.10. The Balaban J connectivity index is 1.63. The molecule has 0 spiro atoms. The summed E-state index contributed by atoms with van der Waals surface area (Å²) in [5.41, 5.74) is 2.11. The second kappa shape index (κ2) is 11.6. The molecule has 0 aliphatic rings. The summed E-state index contributed by atoms with van der Waals surface area (Å²) in [6.45, 7) is 0. The molecular weight excluding hydrogens is 522 g/mol. The molecule has 0 aliphatic heterocycles. The minimum atomic E-state index is -0.224. The van der Waals surface area contributed by atoms with Gasteiger partial charge in [0.2, 0.25) is 5.88 Å². The Morgan fingerprint density at radius 1 is 0.806 bits per heavy atom. The Bertz CT molecular complexity index is 1420. The lowest BCUT2D eigenvalue weighted by atomic mass is 10.1. The van der Waals surface area contributed by atoms with Gasteiger partial charge in [0, 0.05) is 27.6 Å². The van der Waals surface area contributed by atoms with Crippen molar-refractivity contribution in [3.8, 4) is 28.9 Å². The van der Waals surface area contributed by atoms with Crippen LogP contribution in [-0.2, 0) is 4.79 Å². The van der Waals surface area contributed by atoms with Crippen molar-refractivity contribution in [2.24, 2.45) is 0 Å². The van der Waals surface area contributed by atoms with E-state index in [9.17, 15) is 4.79 Å². The van der Waals surface area contributed by atoms with Crippen LogP contribution in [0.1, 0.15) is 11.1 Å². The Kier molecular flexibility index (Phi) is 8.02. The van der Waals surface area contributed by atoms with Gasteiger partial charge in [-0.25, -0.2) is 4.98 Å². The molecule has 0 bridgehead atoms. The van der Waals surface area contributed by atoms with Crippen LogP contribution in [0.25, 0.3) is 23.1 Å². The van der Waals surface area contributed by atoms with Gasteiger partial charge in [0.1, 0.15) is 23.0 Å². The molecule has 0 saturated carbocycles. The number of hydrogen-bond donors (Lipinski definition) is 0. The third-order valence-corrected chi connectivity index (χ3v) is 5.87. The fraction of sp³-hybridized carbons (Fsp3) is 0.103. The first-order chi connectivity index (χ1) is 17.5. The number of rotatable bonds is 9. The van der Waals surface area contributed by atoms with Gasteiger partial charge in [-0.1, -0.05) is 34.1 Å². The molecule has 1 aromatic heterocycles. The first kappa shape index (κ1) is 25.0. The molecule has 0 aliphatic carbocycles. The predicted molar refractivity (Wildman–Crippen MR) is 145 cm³/mol. The van der Waals surface area contributed by atoms with Crippen LogP contribution in [0.4, 0.5) is 0 Å². The summed E-state index contributed by atoms with van der Waals surface area (Å²) in [7, 11) is 4.66. The number of nitrogens with zero attached hydrogens (tertiary/aromatic N) is 1. The van der Waals surface area contributed by atoms with E-state index in [1.54, 1.807) is 45.6 Å². The standard InChI is InChI=1S/C29H24BrNO5/c1-33-24-17-27(34-2)25(28(18-24)35-3)15-12-22(32)11-8-20-16-19-6-4-5-7-26(19)31-29(20)36-23-13-9-21(30)10-14-23/h4-18H,1-3H3/b11-8+,15-12+. The average Bonchev–Trinajstić information content (AvgIpc) is 2.91. The number of benzene rings is 3. The zero-order valence-electron chi connectivity index (χ0n) is 20.0. The summed E-state index contributed by atoms with van der Waals surface area (Å²) in [6.07, 6.45) is 6.27. The highest BCUT2D eigenvalue weighted by atomic mass is 79.9. The summed E-state index contributed by atoms with van der Waals surface area (Å²) >= 11 is 3.43. The van der Waals surface area contributed by atoms with Gasteiger partial charge in [0.05, 0.1) is 32.4 Å². The van der Waals surface area contributed by atoms with Crippen LogP contribution in [0.2, 0.25) is 0 Å². The van der Waals surface area contributed by atoms with Crippen LogP contribution in [0.15, 0.2) is 83.4 Å². The molecule has 182 valence electrons. The average molecular weight is 546 g/mol. The van der Waals surface area contributed by atoms with Gasteiger partial charge in [-0.05, 0) is 60.7 Å². The van der Waals surface area contributed by atoms with Gasteiger partial charge in [-0.2, -0.15) is 0 Å². The van der Waals surface area contributed by atoms with E-state index >= 15 is 0 Å². The van der Waals surface area contributed by atoms with Gasteiger partial charge >= 0.3 is 0 Å². The van der Waals surface area contributed by atoms with E-state index < -0.39 is 0 Å². The highest BCUT2D eigenvalue weighted by Gasteiger charge is 2.12. The first-order valence-corrected chi connectivity index (χ1v) is 11.8. The topological polar surface area (TPSA) is 66.9 Å². The molecule has 0 unspecified atom stereocenters. The van der Waals surface area contributed by atoms with Crippen LogP contribution in [0.3, 0.4) is 0 Å². The monoisotopic (exact) mass is 545 g/mol. The number of fused-ring (bicyclic) bond motifs is 1. The van der Waals surface area contributed by atoms with Crippen molar-refractivity contribution < 1.29 is 23.7 Å². The quantitative estimate of drug-likeness (QED) is 0.209. The number of carbonyl (C=O) groups excluding carboxylic acids is 1. The number of pyridine rings is 1. The lowest BCUT2D eigenvalue weighted by molar-refractivity contribution is -0.110. The molecule has 7 heteroatoms. The predicted octanol–water partition coefficient (Wildman–Crippen LogP) is 7.11. The molecule has 0 atom stereocenters. The number of carbonyl (C=O) groups is 1. The number of para-hydroxylation sites is 1. The molecule has 0 fully saturated rings. The Morgan fingerprint density at radius 3 is 2.14 bits per heavy atom. The lowest BCUT2D eigenvalue weighted by Gasteiger charge is -2.12. The summed E-state index contributed by atoms with van der Waals surface area (Å²) in [4.78, 5) is 17.4. The van der Waals surface area contributed by atoms with Crippen molar-refractivity contribution in [1.29, 1.82) is 0 Å². The molecule has 4 aromatic rings. The van der Waals surface area contributed by atoms with Gasteiger partial charge in [-0.15, -0.1) is 0 Å². The molecular formula is C29H24BrNO5. The Morgan fingerprint density at radius 2 is 1.47 bits per heavy atom. The molecule has 0 amide bonds. The number of halogens is 1. The zero-order chi connectivity index (χ0) is 25.5. The van der Waals surface area contributed by atoms with Crippen LogP contribution in [0, 0.1) is 0 Å². The number of methoxy groups -OCH3 is 3. The molecule has 0 saturated heterocycles. The molecule has 6 nitrogen and oxygen atoms in total. The normalized spacial score (nSPS) is 11.2. The summed E-state index contributed by atoms with van der Waals surface area (Å²) in [5.74, 6) is 2.47. The number of aromatic nitrogens is 1. The largest absolute Gasteiger partial charge is 0.496 e. The third kappa shape index (κ3) is 5.93. The summed E-state index contributed by atoms with van der Waals surface area (Å²) < 4.78 is 23.2. The van der Waals surface area contributed by atoms with Crippen LogP contribution in [-0.4, -0.2) is 32.1 Å². The van der Waals surface area contributed by atoms with Gasteiger partial charge < -0.3 is 18.9 Å². The van der Waals surface area contributed by atoms with E-state index in [4.69, 9.17) is 18.9 Å². The minimum Gasteiger partial charge on any atom is -0.496 e. The molecule has 0 radical (unpaired) electrons. The Labute approximate surface area is 217 Å². The number of allylic oxidation sites excluding steroid dienone is 2. The molecule has 4 rings (SSSR count). The van der Waals surface area contributed by atoms with Gasteiger partial charge in [-0.3, -0.25) is 4.79 Å². The van der Waals surface area contributed by atoms with Gasteiger partial charge in [0.25, 0.3) is 0 Å². The maximum atomic E-state index is 12.7. The summed E-state index contributed by atoms with van der Waals surface area (Å²) in [5, 5.41) is 0.941. The lowest BCUT2D eigenvalue weighted by Crippen LogP contribution is -1.95. The van der Waals surface area contributed by atoms with Crippen molar-refractivity contribution >= 4 is 44.8 Å². The van der Waals surface area contributed by atoms with Crippen LogP contribution >= 0.6 is 15.9 Å². The van der Waals surface area contributed by atoms with Crippen molar-refractivity contribution in [2.45, 2.75) is 0 Å². The van der Waals surface area contributed by atoms with Crippen molar-refractivity contribution in [3.05, 3.63) is 94.5 Å². The smallest absolute Gasteiger partial charge is 0.227 e. The highest BCUT2D eigenvalue weighted by Crippen LogP contribution is 2.35. The van der Waals surface area contributed by atoms with Crippen LogP contribution in [0.5, 0.6) is 28.9 Å². The van der Waals surface area contributed by atoms with Crippen molar-refractivity contribution in [3.63, 3.8) is 0 Å². The molecule has 0 N–H and O–H groups in total. The SMILES string of the molecule is COc1cc(OC)c(/C=C/C(=O)/C=C/c2cc3ccccc3nc2Oc2ccc(Br)cc2)c(OC)c1. The summed E-state index contributed by atoms with van der Waals surface area (Å²) in [6, 6.07) is 20.6. The van der Waals surface area contributed by atoms with E-state index in [-0.39, 0.29) is 5.78 Å². The second-order valence-corrected chi connectivity index (χ2v) is 8.56. The van der Waals surface area contributed by atoms with Crippen molar-refractivity contribution in [2.75, 3.05) is 21.3 Å². The molecule has 1 heterocycles. The molecule has 3 aromatic carbocycles. The maximum Gasteiger partial charge on any atom is 0.227 e. The van der Waals surface area contributed by atoms with E-state index in [1.165, 1.54) is 12.2 Å².